The minimum Gasteiger partial charge on any atom is -0.377 e. The molecule has 0 aromatic carbocycles. The highest BCUT2D eigenvalue weighted by atomic mass is 16.6. The van der Waals surface area contributed by atoms with Crippen LogP contribution in [-0.4, -0.2) is 42.4 Å². The monoisotopic (exact) mass is 267 g/mol. The fraction of sp³-hybridized carbons (Fsp3) is 0.583. The Morgan fingerprint density at radius 2 is 2.53 bits per heavy atom. The summed E-state index contributed by atoms with van der Waals surface area (Å²) in [5, 5.41) is 13.7. The molecule has 2 rings (SSSR count). The minimum atomic E-state index is -0.456. The molecule has 104 valence electrons. The summed E-state index contributed by atoms with van der Waals surface area (Å²) in [6, 6.07) is 2.96. The second-order valence-electron chi connectivity index (χ2n) is 4.26. The maximum absolute atomic E-state index is 10.8. The Labute approximate surface area is 111 Å². The van der Waals surface area contributed by atoms with Crippen LogP contribution < -0.4 is 5.32 Å². The van der Waals surface area contributed by atoms with Gasteiger partial charge >= 0.3 is 5.69 Å². The molecule has 19 heavy (non-hydrogen) atoms. The van der Waals surface area contributed by atoms with Gasteiger partial charge in [-0.15, -0.1) is 0 Å². The molecule has 1 aromatic rings. The lowest BCUT2D eigenvalue weighted by Crippen LogP contribution is -2.18. The van der Waals surface area contributed by atoms with E-state index in [0.29, 0.717) is 19.8 Å². The molecule has 1 aromatic heterocycles. The SMILES string of the molecule is O=[N+]([O-])c1cccnc1NCCOC[C@@H]1CCCO1. The van der Waals surface area contributed by atoms with E-state index in [9.17, 15) is 10.1 Å². The van der Waals surface area contributed by atoms with Crippen LogP contribution in [0.15, 0.2) is 18.3 Å². The molecule has 0 radical (unpaired) electrons. The fourth-order valence-corrected chi connectivity index (χ4v) is 1.91. The molecule has 0 unspecified atom stereocenters. The number of rotatable bonds is 7. The van der Waals surface area contributed by atoms with E-state index in [4.69, 9.17) is 9.47 Å². The third kappa shape index (κ3) is 4.15. The Kier molecular flexibility index (Phi) is 5.05. The molecule has 1 fully saturated rings. The Balaban J connectivity index is 1.69. The Hall–Kier alpha value is -1.73. The van der Waals surface area contributed by atoms with Crippen molar-refractivity contribution in [2.24, 2.45) is 0 Å². The number of pyridine rings is 1. The minimum absolute atomic E-state index is 0.0263. The molecule has 1 atom stereocenters. The maximum Gasteiger partial charge on any atom is 0.311 e. The number of ether oxygens (including phenoxy) is 2. The number of nitro groups is 1. The molecule has 7 heteroatoms. The van der Waals surface area contributed by atoms with Gasteiger partial charge < -0.3 is 14.8 Å². The van der Waals surface area contributed by atoms with E-state index in [0.717, 1.165) is 19.4 Å². The van der Waals surface area contributed by atoms with Gasteiger partial charge in [0.2, 0.25) is 5.82 Å². The first-order valence-corrected chi connectivity index (χ1v) is 6.30. The molecule has 0 aliphatic carbocycles. The number of hydrogen-bond acceptors (Lipinski definition) is 6. The van der Waals surface area contributed by atoms with E-state index in [1.54, 1.807) is 0 Å². The maximum atomic E-state index is 10.8. The first-order chi connectivity index (χ1) is 9.27. The highest BCUT2D eigenvalue weighted by Gasteiger charge is 2.15. The summed E-state index contributed by atoms with van der Waals surface area (Å²) in [6.07, 6.45) is 3.85. The van der Waals surface area contributed by atoms with Gasteiger partial charge in [-0.05, 0) is 18.9 Å². The van der Waals surface area contributed by atoms with Gasteiger partial charge in [0.1, 0.15) is 0 Å². The first-order valence-electron chi connectivity index (χ1n) is 6.30. The second kappa shape index (κ2) is 7.01. The van der Waals surface area contributed by atoms with Crippen LogP contribution in [0.4, 0.5) is 11.5 Å². The topological polar surface area (TPSA) is 86.5 Å². The Morgan fingerprint density at radius 3 is 3.26 bits per heavy atom. The lowest BCUT2D eigenvalue weighted by Gasteiger charge is -2.10. The van der Waals surface area contributed by atoms with Gasteiger partial charge in [0.15, 0.2) is 0 Å². The van der Waals surface area contributed by atoms with Gasteiger partial charge in [0.05, 0.1) is 24.2 Å². The van der Waals surface area contributed by atoms with E-state index in [1.807, 2.05) is 0 Å². The molecule has 1 aliphatic rings. The number of nitrogens with one attached hydrogen (secondary N) is 1. The van der Waals surface area contributed by atoms with Crippen molar-refractivity contribution in [3.05, 3.63) is 28.4 Å². The third-order valence-corrected chi connectivity index (χ3v) is 2.85. The van der Waals surface area contributed by atoms with Crippen molar-refractivity contribution < 1.29 is 14.4 Å². The van der Waals surface area contributed by atoms with Gasteiger partial charge in [0.25, 0.3) is 0 Å². The standard InChI is InChI=1S/C12H17N3O4/c16-15(17)11-4-1-5-13-12(11)14-6-8-18-9-10-3-2-7-19-10/h1,4-5,10H,2-3,6-9H2,(H,13,14)/t10-/m0/s1. The van der Waals surface area contributed by atoms with Crippen molar-refractivity contribution in [1.29, 1.82) is 0 Å². The molecule has 1 saturated heterocycles. The van der Waals surface area contributed by atoms with Crippen LogP contribution >= 0.6 is 0 Å². The summed E-state index contributed by atoms with van der Waals surface area (Å²) < 4.78 is 10.9. The average molecular weight is 267 g/mol. The largest absolute Gasteiger partial charge is 0.377 e. The molecule has 2 heterocycles. The summed E-state index contributed by atoms with van der Waals surface area (Å²) in [4.78, 5) is 14.2. The quantitative estimate of drug-likeness (QED) is 0.458. The summed E-state index contributed by atoms with van der Waals surface area (Å²) in [5.41, 5.74) is -0.0263. The van der Waals surface area contributed by atoms with E-state index >= 15 is 0 Å². The molecule has 1 N–H and O–H groups in total. The van der Waals surface area contributed by atoms with E-state index in [1.165, 1.54) is 18.3 Å². The third-order valence-electron chi connectivity index (χ3n) is 2.85. The zero-order valence-electron chi connectivity index (χ0n) is 10.6. The summed E-state index contributed by atoms with van der Waals surface area (Å²) in [5.74, 6) is 0.271. The smallest absolute Gasteiger partial charge is 0.311 e. The van der Waals surface area contributed by atoms with Crippen LogP contribution in [0.25, 0.3) is 0 Å². The van der Waals surface area contributed by atoms with Crippen LogP contribution in [-0.2, 0) is 9.47 Å². The lowest BCUT2D eigenvalue weighted by atomic mass is 10.2. The number of aromatic nitrogens is 1. The van der Waals surface area contributed by atoms with Gasteiger partial charge in [-0.3, -0.25) is 10.1 Å². The van der Waals surface area contributed by atoms with Crippen molar-refractivity contribution in [3.63, 3.8) is 0 Å². The van der Waals surface area contributed by atoms with Gasteiger partial charge in [-0.1, -0.05) is 0 Å². The zero-order chi connectivity index (χ0) is 13.5. The summed E-state index contributed by atoms with van der Waals surface area (Å²) in [7, 11) is 0. The summed E-state index contributed by atoms with van der Waals surface area (Å²) >= 11 is 0. The molecule has 1 aliphatic heterocycles. The zero-order valence-corrected chi connectivity index (χ0v) is 10.6. The van der Waals surface area contributed by atoms with E-state index in [2.05, 4.69) is 10.3 Å². The van der Waals surface area contributed by atoms with E-state index in [-0.39, 0.29) is 17.6 Å². The number of anilines is 1. The molecule has 0 saturated carbocycles. The molecule has 7 nitrogen and oxygen atoms in total. The molecule has 0 amide bonds. The van der Waals surface area contributed by atoms with Gasteiger partial charge in [-0.2, -0.15) is 0 Å². The van der Waals surface area contributed by atoms with Crippen molar-refractivity contribution in [1.82, 2.24) is 4.98 Å². The predicted octanol–water partition coefficient (Wildman–Crippen LogP) is 1.60. The van der Waals surface area contributed by atoms with Crippen LogP contribution in [0.1, 0.15) is 12.8 Å². The predicted molar refractivity (Wildman–Crippen MR) is 69.2 cm³/mol. The van der Waals surface area contributed by atoms with Crippen molar-refractivity contribution in [2.75, 3.05) is 31.7 Å². The number of hydrogen-bond donors (Lipinski definition) is 1. The van der Waals surface area contributed by atoms with Crippen molar-refractivity contribution in [3.8, 4) is 0 Å². The highest BCUT2D eigenvalue weighted by Crippen LogP contribution is 2.19. The van der Waals surface area contributed by atoms with Crippen LogP contribution in [0.5, 0.6) is 0 Å². The van der Waals surface area contributed by atoms with Crippen LogP contribution in [0, 0.1) is 10.1 Å². The first kappa shape index (κ1) is 13.7. The Morgan fingerprint density at radius 1 is 1.63 bits per heavy atom. The van der Waals surface area contributed by atoms with Crippen LogP contribution in [0.2, 0.25) is 0 Å². The lowest BCUT2D eigenvalue weighted by molar-refractivity contribution is -0.384. The van der Waals surface area contributed by atoms with Crippen molar-refractivity contribution in [2.45, 2.75) is 18.9 Å². The van der Waals surface area contributed by atoms with Gasteiger partial charge in [-0.25, -0.2) is 4.98 Å². The Bertz CT molecular complexity index is 421. The fourth-order valence-electron chi connectivity index (χ4n) is 1.91. The summed E-state index contributed by atoms with van der Waals surface area (Å²) in [6.45, 7) is 2.33. The molecular formula is C12H17N3O4. The van der Waals surface area contributed by atoms with Gasteiger partial charge in [0, 0.05) is 25.4 Å². The van der Waals surface area contributed by atoms with E-state index < -0.39 is 4.92 Å². The molecular weight excluding hydrogens is 250 g/mol. The molecule has 0 bridgehead atoms. The molecule has 0 spiro atoms. The van der Waals surface area contributed by atoms with Crippen molar-refractivity contribution >= 4 is 11.5 Å². The normalized spacial score (nSPS) is 18.4. The number of nitrogens with zero attached hydrogens (tertiary/aromatic N) is 2. The highest BCUT2D eigenvalue weighted by molar-refractivity contribution is 5.54. The average Bonchev–Trinajstić information content (AvgIpc) is 2.92. The van der Waals surface area contributed by atoms with Crippen LogP contribution in [0.3, 0.4) is 0 Å². The second-order valence-corrected chi connectivity index (χ2v) is 4.26.